The molecular formula is C13H25NO4. The highest BCUT2D eigenvalue weighted by Crippen LogP contribution is 2.59. The molecule has 1 saturated carbocycles. The van der Waals surface area contributed by atoms with Gasteiger partial charge in [-0.3, -0.25) is 0 Å². The Labute approximate surface area is 109 Å². The van der Waals surface area contributed by atoms with Crippen LogP contribution in [0.25, 0.3) is 0 Å². The molecule has 0 radical (unpaired) electrons. The van der Waals surface area contributed by atoms with E-state index in [1.54, 1.807) is 20.8 Å². The van der Waals surface area contributed by atoms with Crippen molar-refractivity contribution in [2.24, 2.45) is 17.3 Å². The Morgan fingerprint density at radius 1 is 1.39 bits per heavy atom. The normalized spacial score (nSPS) is 27.5. The standard InChI is InChI=1S/C13H25NO4/c1-12(2,3)18-11(17)14-9(7-16)10-8(6-15)13(10,4)5/h8-10,15-16H,6-7H2,1-5H3,(H,14,17)/t8-,9+,10-/m1/s1. The van der Waals surface area contributed by atoms with Crippen molar-refractivity contribution in [2.75, 3.05) is 13.2 Å². The number of aliphatic hydroxyl groups is 2. The van der Waals surface area contributed by atoms with E-state index in [1.165, 1.54) is 0 Å². The fourth-order valence-corrected chi connectivity index (χ4v) is 2.64. The van der Waals surface area contributed by atoms with Crippen molar-refractivity contribution in [2.45, 2.75) is 46.3 Å². The van der Waals surface area contributed by atoms with E-state index in [0.29, 0.717) is 0 Å². The van der Waals surface area contributed by atoms with Crippen molar-refractivity contribution in [3.05, 3.63) is 0 Å². The van der Waals surface area contributed by atoms with E-state index in [2.05, 4.69) is 5.32 Å². The van der Waals surface area contributed by atoms with Gasteiger partial charge in [-0.05, 0) is 38.0 Å². The van der Waals surface area contributed by atoms with Gasteiger partial charge in [-0.2, -0.15) is 0 Å². The van der Waals surface area contributed by atoms with Crippen LogP contribution in [-0.2, 0) is 4.74 Å². The summed E-state index contributed by atoms with van der Waals surface area (Å²) in [5, 5.41) is 21.3. The van der Waals surface area contributed by atoms with E-state index >= 15 is 0 Å². The smallest absolute Gasteiger partial charge is 0.407 e. The van der Waals surface area contributed by atoms with Crippen LogP contribution in [0.3, 0.4) is 0 Å². The SMILES string of the molecule is CC(C)(C)OC(=O)N[C@@H](CO)[C@H]1[C@@H](CO)C1(C)C. The fraction of sp³-hybridized carbons (Fsp3) is 0.923. The van der Waals surface area contributed by atoms with Crippen LogP contribution in [0.15, 0.2) is 0 Å². The summed E-state index contributed by atoms with van der Waals surface area (Å²) in [7, 11) is 0. The van der Waals surface area contributed by atoms with Crippen LogP contribution in [0.2, 0.25) is 0 Å². The van der Waals surface area contributed by atoms with Gasteiger partial charge in [-0.1, -0.05) is 13.8 Å². The Hall–Kier alpha value is -0.810. The summed E-state index contributed by atoms with van der Waals surface area (Å²) in [6.07, 6.45) is -0.527. The molecule has 106 valence electrons. The zero-order valence-electron chi connectivity index (χ0n) is 11.9. The highest BCUT2D eigenvalue weighted by molar-refractivity contribution is 5.68. The van der Waals surface area contributed by atoms with Gasteiger partial charge >= 0.3 is 6.09 Å². The molecular weight excluding hydrogens is 234 g/mol. The van der Waals surface area contributed by atoms with Gasteiger partial charge in [0.1, 0.15) is 5.60 Å². The van der Waals surface area contributed by atoms with Crippen molar-refractivity contribution in [1.82, 2.24) is 5.32 Å². The number of hydrogen-bond donors (Lipinski definition) is 3. The molecule has 3 atom stereocenters. The van der Waals surface area contributed by atoms with Crippen LogP contribution in [0.5, 0.6) is 0 Å². The summed E-state index contributed by atoms with van der Waals surface area (Å²) in [6.45, 7) is 9.35. The zero-order valence-corrected chi connectivity index (χ0v) is 11.9. The predicted octanol–water partition coefficient (Wildman–Crippen LogP) is 1.14. The first-order chi connectivity index (χ1) is 8.13. The zero-order chi connectivity index (χ0) is 14.1. The second kappa shape index (κ2) is 5.05. The average molecular weight is 259 g/mol. The molecule has 1 aliphatic carbocycles. The summed E-state index contributed by atoms with van der Waals surface area (Å²) >= 11 is 0. The van der Waals surface area contributed by atoms with Gasteiger partial charge in [0.05, 0.1) is 12.6 Å². The first-order valence-corrected chi connectivity index (χ1v) is 6.34. The highest BCUT2D eigenvalue weighted by atomic mass is 16.6. The molecule has 1 aliphatic rings. The third-order valence-electron chi connectivity index (χ3n) is 3.67. The van der Waals surface area contributed by atoms with Crippen molar-refractivity contribution < 1.29 is 19.7 Å². The topological polar surface area (TPSA) is 78.8 Å². The number of alkyl carbamates (subject to hydrolysis) is 1. The summed E-state index contributed by atoms with van der Waals surface area (Å²) in [5.74, 6) is 0.199. The number of nitrogens with one attached hydrogen (secondary N) is 1. The number of aliphatic hydroxyl groups excluding tert-OH is 2. The van der Waals surface area contributed by atoms with E-state index in [4.69, 9.17) is 4.74 Å². The van der Waals surface area contributed by atoms with Gasteiger partial charge in [-0.25, -0.2) is 4.79 Å². The lowest BCUT2D eigenvalue weighted by Gasteiger charge is -2.23. The van der Waals surface area contributed by atoms with Crippen molar-refractivity contribution in [3.63, 3.8) is 0 Å². The van der Waals surface area contributed by atoms with Crippen LogP contribution >= 0.6 is 0 Å². The summed E-state index contributed by atoms with van der Waals surface area (Å²) in [6, 6.07) is -0.369. The number of ether oxygens (including phenoxy) is 1. The molecule has 0 aliphatic heterocycles. The largest absolute Gasteiger partial charge is 0.444 e. The molecule has 1 amide bonds. The fourth-order valence-electron chi connectivity index (χ4n) is 2.64. The maximum absolute atomic E-state index is 11.7. The molecule has 0 aromatic rings. The van der Waals surface area contributed by atoms with Crippen LogP contribution in [0.4, 0.5) is 4.79 Å². The first kappa shape index (κ1) is 15.2. The summed E-state index contributed by atoms with van der Waals surface area (Å²) < 4.78 is 5.16. The second-order valence-corrected chi connectivity index (χ2v) is 6.57. The molecule has 1 rings (SSSR count). The Bertz CT molecular complexity index is 309. The lowest BCUT2D eigenvalue weighted by atomic mass is 10.0. The Morgan fingerprint density at radius 3 is 2.28 bits per heavy atom. The van der Waals surface area contributed by atoms with Crippen molar-refractivity contribution in [3.8, 4) is 0 Å². The van der Waals surface area contributed by atoms with Crippen LogP contribution in [0.1, 0.15) is 34.6 Å². The van der Waals surface area contributed by atoms with Crippen LogP contribution in [0, 0.1) is 17.3 Å². The van der Waals surface area contributed by atoms with Gasteiger partial charge < -0.3 is 20.3 Å². The summed E-state index contributed by atoms with van der Waals surface area (Å²) in [4.78, 5) is 11.7. The van der Waals surface area contributed by atoms with Crippen LogP contribution < -0.4 is 5.32 Å². The van der Waals surface area contributed by atoms with E-state index in [9.17, 15) is 15.0 Å². The van der Waals surface area contributed by atoms with E-state index < -0.39 is 11.7 Å². The Morgan fingerprint density at radius 2 is 1.94 bits per heavy atom. The minimum absolute atomic E-state index is 0.0584. The number of hydrogen-bond acceptors (Lipinski definition) is 4. The average Bonchev–Trinajstić information content (AvgIpc) is 2.74. The van der Waals surface area contributed by atoms with Gasteiger partial charge in [0.15, 0.2) is 0 Å². The summed E-state index contributed by atoms with van der Waals surface area (Å²) in [5.41, 5.74) is -0.614. The third kappa shape index (κ3) is 3.36. The maximum Gasteiger partial charge on any atom is 0.407 e. The lowest BCUT2D eigenvalue weighted by molar-refractivity contribution is 0.0465. The second-order valence-electron chi connectivity index (χ2n) is 6.57. The number of carbonyl (C=O) groups is 1. The predicted molar refractivity (Wildman–Crippen MR) is 68.1 cm³/mol. The quantitative estimate of drug-likeness (QED) is 0.707. The maximum atomic E-state index is 11.7. The third-order valence-corrected chi connectivity index (χ3v) is 3.67. The van der Waals surface area contributed by atoms with Gasteiger partial charge in [0.2, 0.25) is 0 Å². The van der Waals surface area contributed by atoms with Crippen molar-refractivity contribution in [1.29, 1.82) is 0 Å². The van der Waals surface area contributed by atoms with E-state index in [1.807, 2.05) is 13.8 Å². The molecule has 0 aromatic carbocycles. The molecule has 1 fully saturated rings. The molecule has 0 spiro atoms. The van der Waals surface area contributed by atoms with Gasteiger partial charge in [-0.15, -0.1) is 0 Å². The van der Waals surface area contributed by atoms with Gasteiger partial charge in [0.25, 0.3) is 0 Å². The Kier molecular flexibility index (Phi) is 4.28. The van der Waals surface area contributed by atoms with Crippen molar-refractivity contribution >= 4 is 6.09 Å². The molecule has 18 heavy (non-hydrogen) atoms. The molecule has 0 saturated heterocycles. The molecule has 3 N–H and O–H groups in total. The number of carbonyl (C=O) groups excluding carboxylic acids is 1. The lowest BCUT2D eigenvalue weighted by Crippen LogP contribution is -2.43. The first-order valence-electron chi connectivity index (χ1n) is 6.34. The molecule has 0 heterocycles. The minimum atomic E-state index is -0.556. The van der Waals surface area contributed by atoms with E-state index in [0.717, 1.165) is 0 Å². The number of amides is 1. The minimum Gasteiger partial charge on any atom is -0.444 e. The van der Waals surface area contributed by atoms with Gasteiger partial charge in [0, 0.05) is 6.61 Å². The molecule has 5 heteroatoms. The van der Waals surface area contributed by atoms with Crippen LogP contribution in [-0.4, -0.2) is 41.2 Å². The Balaban J connectivity index is 2.57. The van der Waals surface area contributed by atoms with E-state index in [-0.39, 0.29) is 36.5 Å². The highest BCUT2D eigenvalue weighted by Gasteiger charge is 2.60. The molecule has 0 bridgehead atoms. The molecule has 5 nitrogen and oxygen atoms in total. The molecule has 0 unspecified atom stereocenters. The molecule has 0 aromatic heterocycles. The monoisotopic (exact) mass is 259 g/mol. The number of rotatable bonds is 4.